The van der Waals surface area contributed by atoms with Crippen molar-refractivity contribution in [1.82, 2.24) is 20.2 Å². The maximum absolute atomic E-state index is 13.2. The molecule has 2 amide bonds. The summed E-state index contributed by atoms with van der Waals surface area (Å²) in [6.45, 7) is 7.48. The number of benzene rings is 3. The summed E-state index contributed by atoms with van der Waals surface area (Å²) >= 11 is 0. The SMILES string of the molecule is CC(NC(=O)Nc1ccc(Oc2ncnc3cc(OCCCN4CCOCC4)c4c(c23)OCCO4)cc1)c1ccc(F)cc1. The molecule has 2 aliphatic heterocycles. The molecule has 44 heavy (non-hydrogen) atoms. The molecular formula is C32H34FN5O6. The highest BCUT2D eigenvalue weighted by atomic mass is 19.1. The third-order valence-electron chi connectivity index (χ3n) is 7.37. The van der Waals surface area contributed by atoms with Crippen LogP contribution in [0.1, 0.15) is 24.9 Å². The summed E-state index contributed by atoms with van der Waals surface area (Å²) in [5.74, 6) is 2.05. The molecule has 1 aromatic heterocycles. The molecule has 4 aromatic rings. The number of amides is 2. The van der Waals surface area contributed by atoms with Crippen molar-refractivity contribution in [3.05, 3.63) is 72.3 Å². The van der Waals surface area contributed by atoms with Crippen molar-refractivity contribution in [2.45, 2.75) is 19.4 Å². The number of anilines is 1. The molecule has 1 saturated heterocycles. The minimum absolute atomic E-state index is 0.303. The number of ether oxygens (including phenoxy) is 5. The number of hydrogen-bond donors (Lipinski definition) is 2. The molecule has 2 aliphatic rings. The number of fused-ring (bicyclic) bond motifs is 3. The van der Waals surface area contributed by atoms with E-state index in [1.54, 1.807) is 36.4 Å². The summed E-state index contributed by atoms with van der Waals surface area (Å²) in [6.07, 6.45) is 2.30. The second-order valence-corrected chi connectivity index (χ2v) is 10.5. The number of morpholine rings is 1. The van der Waals surface area contributed by atoms with Gasteiger partial charge >= 0.3 is 6.03 Å². The van der Waals surface area contributed by atoms with Crippen molar-refractivity contribution in [3.8, 4) is 28.9 Å². The Morgan fingerprint density at radius 2 is 1.75 bits per heavy atom. The summed E-state index contributed by atoms with van der Waals surface area (Å²) in [6, 6.07) is 14.0. The Labute approximate surface area is 254 Å². The van der Waals surface area contributed by atoms with E-state index in [2.05, 4.69) is 25.5 Å². The first-order valence-electron chi connectivity index (χ1n) is 14.6. The van der Waals surface area contributed by atoms with E-state index >= 15 is 0 Å². The number of carbonyl (C=O) groups is 1. The molecule has 0 aliphatic carbocycles. The number of urea groups is 1. The van der Waals surface area contributed by atoms with Gasteiger partial charge in [0.1, 0.15) is 36.5 Å². The fraction of sp³-hybridized carbons (Fsp3) is 0.344. The zero-order valence-corrected chi connectivity index (χ0v) is 24.4. The summed E-state index contributed by atoms with van der Waals surface area (Å²) in [5.41, 5.74) is 1.97. The van der Waals surface area contributed by atoms with Gasteiger partial charge in [0.2, 0.25) is 11.6 Å². The predicted octanol–water partition coefficient (Wildman–Crippen LogP) is 5.32. The Balaban J connectivity index is 1.11. The van der Waals surface area contributed by atoms with Gasteiger partial charge < -0.3 is 34.3 Å². The lowest BCUT2D eigenvalue weighted by molar-refractivity contribution is 0.0357. The van der Waals surface area contributed by atoms with Gasteiger partial charge in [0, 0.05) is 31.4 Å². The minimum atomic E-state index is -0.389. The van der Waals surface area contributed by atoms with E-state index in [1.807, 2.05) is 13.0 Å². The number of carbonyl (C=O) groups excluding carboxylic acids is 1. The Kier molecular flexibility index (Phi) is 9.18. The summed E-state index contributed by atoms with van der Waals surface area (Å²) in [5, 5.41) is 6.22. The third kappa shape index (κ3) is 7.09. The topological polar surface area (TPSA) is 116 Å². The zero-order chi connectivity index (χ0) is 30.3. The van der Waals surface area contributed by atoms with Crippen LogP contribution in [-0.2, 0) is 4.74 Å². The number of hydrogen-bond acceptors (Lipinski definition) is 9. The summed E-state index contributed by atoms with van der Waals surface area (Å²) < 4.78 is 42.9. The smallest absolute Gasteiger partial charge is 0.319 e. The molecule has 11 nitrogen and oxygen atoms in total. The van der Waals surface area contributed by atoms with E-state index in [0.29, 0.717) is 65.3 Å². The first kappa shape index (κ1) is 29.4. The maximum atomic E-state index is 13.2. The number of rotatable bonds is 10. The van der Waals surface area contributed by atoms with E-state index in [9.17, 15) is 9.18 Å². The fourth-order valence-electron chi connectivity index (χ4n) is 5.08. The Hall–Kier alpha value is -4.68. The van der Waals surface area contributed by atoms with Gasteiger partial charge in [0.05, 0.1) is 31.4 Å². The van der Waals surface area contributed by atoms with Crippen molar-refractivity contribution < 1.29 is 32.9 Å². The molecule has 0 bridgehead atoms. The van der Waals surface area contributed by atoms with Gasteiger partial charge in [0.25, 0.3) is 0 Å². The highest BCUT2D eigenvalue weighted by Crippen LogP contribution is 2.47. The minimum Gasteiger partial charge on any atom is -0.489 e. The van der Waals surface area contributed by atoms with E-state index in [0.717, 1.165) is 44.8 Å². The van der Waals surface area contributed by atoms with Crippen LogP contribution in [-0.4, -0.2) is 73.6 Å². The number of nitrogens with one attached hydrogen (secondary N) is 2. The van der Waals surface area contributed by atoms with Crippen molar-refractivity contribution in [3.63, 3.8) is 0 Å². The molecule has 0 spiro atoms. The first-order valence-corrected chi connectivity index (χ1v) is 14.6. The molecule has 0 radical (unpaired) electrons. The van der Waals surface area contributed by atoms with Gasteiger partial charge in [0.15, 0.2) is 11.5 Å². The fourth-order valence-corrected chi connectivity index (χ4v) is 5.08. The molecular weight excluding hydrogens is 569 g/mol. The average Bonchev–Trinajstić information content (AvgIpc) is 3.04. The van der Waals surface area contributed by atoms with Crippen LogP contribution in [0.25, 0.3) is 10.9 Å². The van der Waals surface area contributed by atoms with Crippen LogP contribution in [0, 0.1) is 5.82 Å². The molecule has 1 unspecified atom stereocenters. The Bertz CT molecular complexity index is 1580. The molecule has 1 atom stereocenters. The van der Waals surface area contributed by atoms with Crippen LogP contribution >= 0.6 is 0 Å². The monoisotopic (exact) mass is 603 g/mol. The van der Waals surface area contributed by atoms with Crippen LogP contribution < -0.4 is 29.6 Å². The number of halogens is 1. The van der Waals surface area contributed by atoms with Crippen LogP contribution in [0.4, 0.5) is 14.9 Å². The molecule has 2 N–H and O–H groups in total. The molecule has 12 heteroatoms. The highest BCUT2D eigenvalue weighted by Gasteiger charge is 2.25. The van der Waals surface area contributed by atoms with Gasteiger partial charge in [-0.2, -0.15) is 0 Å². The van der Waals surface area contributed by atoms with Gasteiger partial charge in [-0.3, -0.25) is 4.90 Å². The number of aromatic nitrogens is 2. The third-order valence-corrected chi connectivity index (χ3v) is 7.37. The summed E-state index contributed by atoms with van der Waals surface area (Å²) in [4.78, 5) is 23.7. The van der Waals surface area contributed by atoms with Crippen molar-refractivity contribution in [2.24, 2.45) is 0 Å². The molecule has 3 aromatic carbocycles. The first-order chi connectivity index (χ1) is 21.5. The van der Waals surface area contributed by atoms with Gasteiger partial charge in [-0.15, -0.1) is 0 Å². The van der Waals surface area contributed by atoms with E-state index in [1.165, 1.54) is 18.5 Å². The Morgan fingerprint density at radius 3 is 2.52 bits per heavy atom. The van der Waals surface area contributed by atoms with Crippen LogP contribution in [0.5, 0.6) is 28.9 Å². The zero-order valence-electron chi connectivity index (χ0n) is 24.4. The van der Waals surface area contributed by atoms with Gasteiger partial charge in [-0.25, -0.2) is 19.2 Å². The van der Waals surface area contributed by atoms with Crippen LogP contribution in [0.2, 0.25) is 0 Å². The van der Waals surface area contributed by atoms with Crippen LogP contribution in [0.15, 0.2) is 60.9 Å². The van der Waals surface area contributed by atoms with Gasteiger partial charge in [-0.05, 0) is 55.3 Å². The van der Waals surface area contributed by atoms with E-state index in [4.69, 9.17) is 23.7 Å². The van der Waals surface area contributed by atoms with Gasteiger partial charge in [-0.1, -0.05) is 12.1 Å². The largest absolute Gasteiger partial charge is 0.489 e. The highest BCUT2D eigenvalue weighted by molar-refractivity contribution is 5.94. The van der Waals surface area contributed by atoms with Crippen molar-refractivity contribution in [2.75, 3.05) is 58.0 Å². The second-order valence-electron chi connectivity index (χ2n) is 10.5. The summed E-state index contributed by atoms with van der Waals surface area (Å²) in [7, 11) is 0. The van der Waals surface area contributed by atoms with Crippen LogP contribution in [0.3, 0.4) is 0 Å². The Morgan fingerprint density at radius 1 is 1.00 bits per heavy atom. The molecule has 230 valence electrons. The lowest BCUT2D eigenvalue weighted by atomic mass is 10.1. The van der Waals surface area contributed by atoms with Crippen molar-refractivity contribution in [1.29, 1.82) is 0 Å². The van der Waals surface area contributed by atoms with E-state index in [-0.39, 0.29) is 17.9 Å². The molecule has 3 heterocycles. The lowest BCUT2D eigenvalue weighted by Gasteiger charge is -2.26. The quantitative estimate of drug-likeness (QED) is 0.233. The van der Waals surface area contributed by atoms with Crippen molar-refractivity contribution >= 4 is 22.6 Å². The van der Waals surface area contributed by atoms with E-state index < -0.39 is 0 Å². The maximum Gasteiger partial charge on any atom is 0.319 e. The second kappa shape index (κ2) is 13.7. The standard InChI is InChI=1S/C32H34FN5O6/c1-21(22-3-5-23(33)6-4-22)36-32(39)37-24-7-9-25(10-8-24)44-31-28-26(34-20-35-31)19-27(29-30(28)43-18-17-42-29)41-14-2-11-38-12-15-40-16-13-38/h3-10,19-21H,2,11-18H2,1H3,(H2,36,37,39). The molecule has 0 saturated carbocycles. The lowest BCUT2D eigenvalue weighted by Crippen LogP contribution is -2.37. The normalized spacial score (nSPS) is 15.4. The average molecular weight is 604 g/mol. The molecule has 6 rings (SSSR count). The predicted molar refractivity (Wildman–Crippen MR) is 161 cm³/mol. The molecule has 1 fully saturated rings. The number of nitrogens with zero attached hydrogens (tertiary/aromatic N) is 3.